The average molecular weight is 499 g/mol. The predicted octanol–water partition coefficient (Wildman–Crippen LogP) is 3.92. The summed E-state index contributed by atoms with van der Waals surface area (Å²) in [5, 5.41) is 0. The monoisotopic (exact) mass is 498 g/mol. The van der Waals surface area contributed by atoms with Crippen LogP contribution in [0.5, 0.6) is 0 Å². The Morgan fingerprint density at radius 3 is 1.63 bits per heavy atom. The van der Waals surface area contributed by atoms with Gasteiger partial charge >= 0.3 is 0 Å². The molecule has 35 heavy (non-hydrogen) atoms. The third kappa shape index (κ3) is 9.71. The zero-order valence-electron chi connectivity index (χ0n) is 19.6. The maximum atomic E-state index is 12.1. The van der Waals surface area contributed by atoms with Crippen LogP contribution in [0.15, 0.2) is 91.0 Å². The van der Waals surface area contributed by atoms with Gasteiger partial charge in [0.25, 0.3) is 10.1 Å². The molecular formula is C27H30O7S. The first kappa shape index (κ1) is 26.7. The van der Waals surface area contributed by atoms with E-state index in [0.29, 0.717) is 6.29 Å². The van der Waals surface area contributed by atoms with Gasteiger partial charge < -0.3 is 19.0 Å². The normalized spacial score (nSPS) is 14.2. The average Bonchev–Trinajstić information content (AvgIpc) is 2.86. The van der Waals surface area contributed by atoms with Gasteiger partial charge in [-0.05, 0) is 16.7 Å². The lowest BCUT2D eigenvalue weighted by Gasteiger charge is -2.30. The molecule has 3 atom stereocenters. The van der Waals surface area contributed by atoms with Crippen molar-refractivity contribution >= 4 is 16.4 Å². The maximum absolute atomic E-state index is 12.1. The van der Waals surface area contributed by atoms with Crippen molar-refractivity contribution in [2.75, 3.05) is 12.9 Å². The van der Waals surface area contributed by atoms with E-state index in [2.05, 4.69) is 0 Å². The molecule has 0 amide bonds. The second-order valence-corrected chi connectivity index (χ2v) is 9.60. The van der Waals surface area contributed by atoms with Gasteiger partial charge in [-0.3, -0.25) is 4.18 Å². The van der Waals surface area contributed by atoms with Gasteiger partial charge in [0.05, 0.1) is 32.7 Å². The van der Waals surface area contributed by atoms with Crippen molar-refractivity contribution in [2.45, 2.75) is 38.1 Å². The van der Waals surface area contributed by atoms with Crippen LogP contribution in [-0.4, -0.2) is 45.9 Å². The van der Waals surface area contributed by atoms with Crippen molar-refractivity contribution in [3.05, 3.63) is 108 Å². The molecule has 0 aliphatic heterocycles. The number of hydrogen-bond acceptors (Lipinski definition) is 7. The fraction of sp³-hybridized carbons (Fsp3) is 0.296. The summed E-state index contributed by atoms with van der Waals surface area (Å²) in [4.78, 5) is 12.1. The second kappa shape index (κ2) is 13.9. The van der Waals surface area contributed by atoms with E-state index in [1.165, 1.54) is 0 Å². The van der Waals surface area contributed by atoms with Crippen LogP contribution in [0.2, 0.25) is 0 Å². The fourth-order valence-corrected chi connectivity index (χ4v) is 4.04. The van der Waals surface area contributed by atoms with Gasteiger partial charge in [0.1, 0.15) is 18.3 Å². The third-order valence-corrected chi connectivity index (χ3v) is 5.68. The molecule has 3 rings (SSSR count). The summed E-state index contributed by atoms with van der Waals surface area (Å²) in [6.45, 7) is 0.395. The number of rotatable bonds is 15. The van der Waals surface area contributed by atoms with Crippen LogP contribution >= 0.6 is 0 Å². The highest BCUT2D eigenvalue weighted by Crippen LogP contribution is 2.18. The second-order valence-electron chi connectivity index (χ2n) is 8.00. The van der Waals surface area contributed by atoms with Gasteiger partial charge in [0.2, 0.25) is 0 Å². The Hall–Kier alpha value is -2.88. The Bertz CT molecular complexity index is 1110. The molecule has 3 aromatic rings. The van der Waals surface area contributed by atoms with E-state index in [9.17, 15) is 13.2 Å². The van der Waals surface area contributed by atoms with Crippen molar-refractivity contribution in [3.8, 4) is 0 Å². The van der Waals surface area contributed by atoms with Crippen LogP contribution in [0.25, 0.3) is 0 Å². The summed E-state index contributed by atoms with van der Waals surface area (Å²) in [5.74, 6) is 0. The zero-order valence-corrected chi connectivity index (χ0v) is 20.4. The van der Waals surface area contributed by atoms with E-state index in [0.717, 1.165) is 22.9 Å². The fourth-order valence-electron chi connectivity index (χ4n) is 3.43. The highest BCUT2D eigenvalue weighted by atomic mass is 32.2. The van der Waals surface area contributed by atoms with Gasteiger partial charge in [0, 0.05) is 0 Å². The Morgan fingerprint density at radius 2 is 1.17 bits per heavy atom. The molecule has 0 bridgehead atoms. The molecule has 0 heterocycles. The quantitative estimate of drug-likeness (QED) is 0.232. The number of benzene rings is 3. The summed E-state index contributed by atoms with van der Waals surface area (Å²) < 4.78 is 47.2. The van der Waals surface area contributed by atoms with E-state index >= 15 is 0 Å². The Morgan fingerprint density at radius 1 is 0.714 bits per heavy atom. The lowest BCUT2D eigenvalue weighted by Crippen LogP contribution is -2.46. The van der Waals surface area contributed by atoms with Crippen molar-refractivity contribution in [2.24, 2.45) is 0 Å². The smallest absolute Gasteiger partial charge is 0.264 e. The first-order valence-electron chi connectivity index (χ1n) is 11.2. The van der Waals surface area contributed by atoms with E-state index < -0.39 is 28.4 Å². The summed E-state index contributed by atoms with van der Waals surface area (Å²) in [7, 11) is -3.89. The molecule has 0 aliphatic rings. The molecule has 7 nitrogen and oxygen atoms in total. The molecule has 0 radical (unpaired) electrons. The molecule has 0 saturated heterocycles. The maximum Gasteiger partial charge on any atom is 0.264 e. The van der Waals surface area contributed by atoms with Crippen LogP contribution < -0.4 is 0 Å². The van der Waals surface area contributed by atoms with Crippen LogP contribution in [0, 0.1) is 0 Å². The number of carbonyl (C=O) groups excluding carboxylic acids is 1. The van der Waals surface area contributed by atoms with Crippen molar-refractivity contribution in [1.29, 1.82) is 0 Å². The van der Waals surface area contributed by atoms with E-state index in [1.807, 2.05) is 91.0 Å². The van der Waals surface area contributed by atoms with Crippen molar-refractivity contribution in [1.82, 2.24) is 0 Å². The van der Waals surface area contributed by atoms with Gasteiger partial charge in [-0.2, -0.15) is 8.42 Å². The molecule has 0 N–H and O–H groups in total. The van der Waals surface area contributed by atoms with Crippen LogP contribution in [-0.2, 0) is 53.1 Å². The molecule has 0 spiro atoms. The Balaban J connectivity index is 1.78. The highest BCUT2D eigenvalue weighted by molar-refractivity contribution is 7.86. The minimum absolute atomic E-state index is 0.125. The van der Waals surface area contributed by atoms with Gasteiger partial charge in [-0.15, -0.1) is 0 Å². The molecule has 3 aromatic carbocycles. The highest BCUT2D eigenvalue weighted by Gasteiger charge is 2.35. The number of carbonyl (C=O) groups is 1. The number of ether oxygens (including phenoxy) is 3. The lowest BCUT2D eigenvalue weighted by molar-refractivity contribution is -0.151. The topological polar surface area (TPSA) is 88.1 Å². The lowest BCUT2D eigenvalue weighted by atomic mass is 10.1. The van der Waals surface area contributed by atoms with Crippen LogP contribution in [0.4, 0.5) is 0 Å². The number of hydrogen-bond donors (Lipinski definition) is 0. The molecular weight excluding hydrogens is 468 g/mol. The minimum atomic E-state index is -3.89. The summed E-state index contributed by atoms with van der Waals surface area (Å²) in [6, 6.07) is 28.2. The SMILES string of the molecule is CS(=O)(=O)O[C@@H](COCc1ccccc1)[C@@H](OCc1ccccc1)[C@@H](C=O)OCc1ccccc1. The minimum Gasteiger partial charge on any atom is -0.374 e. The molecule has 8 heteroatoms. The van der Waals surface area contributed by atoms with Gasteiger partial charge in [0.15, 0.2) is 6.29 Å². The van der Waals surface area contributed by atoms with Crippen molar-refractivity contribution in [3.63, 3.8) is 0 Å². The molecule has 186 valence electrons. The third-order valence-electron chi connectivity index (χ3n) is 5.09. The largest absolute Gasteiger partial charge is 0.374 e. The number of aldehydes is 1. The molecule has 0 saturated carbocycles. The van der Waals surface area contributed by atoms with Crippen LogP contribution in [0.3, 0.4) is 0 Å². The van der Waals surface area contributed by atoms with Crippen molar-refractivity contribution < 1.29 is 31.6 Å². The standard InChI is InChI=1S/C27H30O7S/c1-35(29,30)34-26(21-31-18-22-11-5-2-6-12-22)27(33-20-24-15-9-4-10-16-24)25(17-28)32-19-23-13-7-3-8-14-23/h2-17,25-27H,18-21H2,1H3/t25-,26+,27+/m1/s1. The first-order chi connectivity index (χ1) is 16.9. The predicted molar refractivity (Wildman–Crippen MR) is 132 cm³/mol. The first-order valence-corrected chi connectivity index (χ1v) is 13.0. The zero-order chi connectivity index (χ0) is 24.9. The summed E-state index contributed by atoms with van der Waals surface area (Å²) >= 11 is 0. The molecule has 0 fully saturated rings. The van der Waals surface area contributed by atoms with E-state index in [4.69, 9.17) is 18.4 Å². The van der Waals surface area contributed by atoms with Gasteiger partial charge in [-0.25, -0.2) is 0 Å². The van der Waals surface area contributed by atoms with E-state index in [1.54, 1.807) is 0 Å². The molecule has 0 unspecified atom stereocenters. The Labute approximate surface area is 206 Å². The molecule has 0 aliphatic carbocycles. The van der Waals surface area contributed by atoms with E-state index in [-0.39, 0.29) is 26.4 Å². The Kier molecular flexibility index (Phi) is 10.6. The van der Waals surface area contributed by atoms with Gasteiger partial charge in [-0.1, -0.05) is 91.0 Å². The summed E-state index contributed by atoms with van der Waals surface area (Å²) in [6.07, 6.45) is -1.68. The summed E-state index contributed by atoms with van der Waals surface area (Å²) in [5.41, 5.74) is 2.63. The van der Waals surface area contributed by atoms with Crippen LogP contribution in [0.1, 0.15) is 16.7 Å². The molecule has 0 aromatic heterocycles.